The van der Waals surface area contributed by atoms with Crippen molar-refractivity contribution in [2.75, 3.05) is 0 Å². The van der Waals surface area contributed by atoms with Crippen molar-refractivity contribution in [3.63, 3.8) is 0 Å². The lowest BCUT2D eigenvalue weighted by Gasteiger charge is -2.05. The van der Waals surface area contributed by atoms with Gasteiger partial charge in [-0.3, -0.25) is 14.9 Å². The predicted octanol–water partition coefficient (Wildman–Crippen LogP) is 3.11. The summed E-state index contributed by atoms with van der Waals surface area (Å²) in [6.45, 7) is 1.59. The van der Waals surface area contributed by atoms with Crippen LogP contribution in [0, 0.1) is 10.1 Å². The zero-order chi connectivity index (χ0) is 17.0. The van der Waals surface area contributed by atoms with Crippen LogP contribution in [0.1, 0.15) is 22.8 Å². The third kappa shape index (κ3) is 4.04. The molecule has 0 fully saturated rings. The van der Waals surface area contributed by atoms with E-state index in [1.165, 1.54) is 36.4 Å². The number of phenols is 1. The Labute approximate surface area is 136 Å². The lowest BCUT2D eigenvalue weighted by molar-refractivity contribution is -0.384. The second-order valence-corrected chi connectivity index (χ2v) is 5.04. The summed E-state index contributed by atoms with van der Waals surface area (Å²) in [6, 6.07) is 9.93. The number of amides is 1. The van der Waals surface area contributed by atoms with Gasteiger partial charge in [-0.15, -0.1) is 0 Å². The maximum Gasteiger partial charge on any atom is 0.275 e. The zero-order valence-corrected chi connectivity index (χ0v) is 12.7. The van der Waals surface area contributed by atoms with E-state index in [0.29, 0.717) is 16.3 Å². The highest BCUT2D eigenvalue weighted by Crippen LogP contribution is 2.21. The number of nitrogens with one attached hydrogen (secondary N) is 1. The van der Waals surface area contributed by atoms with Crippen LogP contribution in [0.3, 0.4) is 0 Å². The van der Waals surface area contributed by atoms with Crippen molar-refractivity contribution in [1.29, 1.82) is 0 Å². The number of nitro benzene ring substituents is 1. The molecule has 0 heterocycles. The molecule has 0 spiro atoms. The molecule has 0 aliphatic rings. The molecule has 1 amide bonds. The zero-order valence-electron chi connectivity index (χ0n) is 12.0. The summed E-state index contributed by atoms with van der Waals surface area (Å²) >= 11 is 5.78. The van der Waals surface area contributed by atoms with Gasteiger partial charge in [-0.2, -0.15) is 5.10 Å². The number of nitrogens with zero attached hydrogens (tertiary/aromatic N) is 2. The van der Waals surface area contributed by atoms with Crippen LogP contribution in [-0.4, -0.2) is 21.6 Å². The van der Waals surface area contributed by atoms with Gasteiger partial charge >= 0.3 is 0 Å². The molecular weight excluding hydrogens is 322 g/mol. The molecule has 8 heteroatoms. The topological polar surface area (TPSA) is 105 Å². The third-order valence-electron chi connectivity index (χ3n) is 3.00. The van der Waals surface area contributed by atoms with E-state index < -0.39 is 10.8 Å². The maximum absolute atomic E-state index is 12.0. The quantitative estimate of drug-likeness (QED) is 0.509. The summed E-state index contributed by atoms with van der Waals surface area (Å²) in [4.78, 5) is 22.2. The van der Waals surface area contributed by atoms with E-state index in [-0.39, 0.29) is 17.0 Å². The van der Waals surface area contributed by atoms with E-state index in [1.807, 2.05) is 0 Å². The second kappa shape index (κ2) is 6.89. The van der Waals surface area contributed by atoms with Gasteiger partial charge in [-0.05, 0) is 25.1 Å². The average molecular weight is 334 g/mol. The Morgan fingerprint density at radius 2 is 2.04 bits per heavy atom. The molecule has 2 N–H and O–H groups in total. The lowest BCUT2D eigenvalue weighted by atomic mass is 10.1. The standard InChI is InChI=1S/C15H12ClN3O4/c1-9(10-3-2-4-12(7-10)19(22)23)17-18-15(21)13-8-11(16)5-6-14(13)20/h2-8,20H,1H3,(H,18,21)/b17-9-. The second-order valence-electron chi connectivity index (χ2n) is 4.61. The van der Waals surface area contributed by atoms with Gasteiger partial charge < -0.3 is 5.11 Å². The lowest BCUT2D eigenvalue weighted by Crippen LogP contribution is -2.19. The number of nitro groups is 1. The molecule has 0 aromatic heterocycles. The van der Waals surface area contributed by atoms with Crippen molar-refractivity contribution in [2.45, 2.75) is 6.92 Å². The number of halogens is 1. The van der Waals surface area contributed by atoms with Crippen molar-refractivity contribution in [3.8, 4) is 5.75 Å². The van der Waals surface area contributed by atoms with E-state index in [1.54, 1.807) is 13.0 Å². The van der Waals surface area contributed by atoms with Gasteiger partial charge in [0.1, 0.15) is 5.75 Å². The summed E-state index contributed by atoms with van der Waals surface area (Å²) < 4.78 is 0. The van der Waals surface area contributed by atoms with Crippen LogP contribution in [0.4, 0.5) is 5.69 Å². The minimum Gasteiger partial charge on any atom is -0.507 e. The number of hydrazone groups is 1. The summed E-state index contributed by atoms with van der Waals surface area (Å²) in [6.07, 6.45) is 0. The number of benzene rings is 2. The Hall–Kier alpha value is -2.93. The normalized spacial score (nSPS) is 11.1. The molecule has 0 unspecified atom stereocenters. The highest BCUT2D eigenvalue weighted by atomic mass is 35.5. The van der Waals surface area contributed by atoms with Gasteiger partial charge in [-0.25, -0.2) is 5.43 Å². The molecule has 0 aliphatic heterocycles. The molecule has 23 heavy (non-hydrogen) atoms. The van der Waals surface area contributed by atoms with Crippen molar-refractivity contribution >= 4 is 28.9 Å². The van der Waals surface area contributed by atoms with E-state index in [9.17, 15) is 20.0 Å². The Morgan fingerprint density at radius 1 is 1.30 bits per heavy atom. The predicted molar refractivity (Wildman–Crippen MR) is 85.9 cm³/mol. The molecule has 2 aromatic rings. The van der Waals surface area contributed by atoms with E-state index in [0.717, 1.165) is 0 Å². The van der Waals surface area contributed by atoms with Crippen LogP contribution in [0.2, 0.25) is 5.02 Å². The molecule has 0 atom stereocenters. The largest absolute Gasteiger partial charge is 0.507 e. The number of aromatic hydroxyl groups is 1. The van der Waals surface area contributed by atoms with Crippen molar-refractivity contribution in [1.82, 2.24) is 5.43 Å². The van der Waals surface area contributed by atoms with Gasteiger partial charge in [-0.1, -0.05) is 23.7 Å². The number of hydrogen-bond acceptors (Lipinski definition) is 5. The Bertz CT molecular complexity index is 805. The third-order valence-corrected chi connectivity index (χ3v) is 3.24. The first-order chi connectivity index (χ1) is 10.9. The summed E-state index contributed by atoms with van der Waals surface area (Å²) in [7, 11) is 0. The Kier molecular flexibility index (Phi) is 4.92. The van der Waals surface area contributed by atoms with E-state index in [4.69, 9.17) is 11.6 Å². The van der Waals surface area contributed by atoms with Gasteiger partial charge in [0, 0.05) is 22.7 Å². The summed E-state index contributed by atoms with van der Waals surface area (Å²) in [5.74, 6) is -0.870. The molecule has 0 saturated heterocycles. The van der Waals surface area contributed by atoms with E-state index >= 15 is 0 Å². The first kappa shape index (κ1) is 16.4. The van der Waals surface area contributed by atoms with Gasteiger partial charge in [0.15, 0.2) is 0 Å². The fourth-order valence-corrected chi connectivity index (χ4v) is 1.97. The maximum atomic E-state index is 12.0. The highest BCUT2D eigenvalue weighted by Gasteiger charge is 2.12. The number of carbonyl (C=O) groups is 1. The van der Waals surface area contributed by atoms with Crippen LogP contribution < -0.4 is 5.43 Å². The van der Waals surface area contributed by atoms with Gasteiger partial charge in [0.25, 0.3) is 11.6 Å². The molecule has 0 bridgehead atoms. The molecule has 118 valence electrons. The number of rotatable bonds is 4. The number of phenolic OH excluding ortho intramolecular Hbond substituents is 1. The average Bonchev–Trinajstić information content (AvgIpc) is 2.54. The molecule has 7 nitrogen and oxygen atoms in total. The van der Waals surface area contributed by atoms with Crippen molar-refractivity contribution in [2.24, 2.45) is 5.10 Å². The number of non-ortho nitro benzene ring substituents is 1. The molecule has 0 saturated carbocycles. The smallest absolute Gasteiger partial charge is 0.275 e. The first-order valence-electron chi connectivity index (χ1n) is 6.46. The monoisotopic (exact) mass is 333 g/mol. The summed E-state index contributed by atoms with van der Waals surface area (Å²) in [5.41, 5.74) is 3.05. The molecule has 2 rings (SSSR count). The molecule has 0 radical (unpaired) electrons. The molecule has 2 aromatic carbocycles. The Morgan fingerprint density at radius 3 is 2.74 bits per heavy atom. The Balaban J connectivity index is 2.19. The SMILES string of the molecule is C/C(=N/NC(=O)c1cc(Cl)ccc1O)c1cccc([N+](=O)[O-])c1. The number of hydrogen-bond donors (Lipinski definition) is 2. The van der Waals surface area contributed by atoms with Crippen LogP contribution >= 0.6 is 11.6 Å². The highest BCUT2D eigenvalue weighted by molar-refractivity contribution is 6.31. The number of carbonyl (C=O) groups excluding carboxylic acids is 1. The van der Waals surface area contributed by atoms with E-state index in [2.05, 4.69) is 10.5 Å². The molecule has 0 aliphatic carbocycles. The van der Waals surface area contributed by atoms with Crippen LogP contribution in [-0.2, 0) is 0 Å². The van der Waals surface area contributed by atoms with Crippen LogP contribution in [0.25, 0.3) is 0 Å². The van der Waals surface area contributed by atoms with Gasteiger partial charge in [0.05, 0.1) is 16.2 Å². The van der Waals surface area contributed by atoms with Crippen LogP contribution in [0.15, 0.2) is 47.6 Å². The minimum absolute atomic E-state index is 0.0203. The molecular formula is C15H12ClN3O4. The van der Waals surface area contributed by atoms with Crippen LogP contribution in [0.5, 0.6) is 5.75 Å². The fourth-order valence-electron chi connectivity index (χ4n) is 1.79. The van der Waals surface area contributed by atoms with Gasteiger partial charge in [0.2, 0.25) is 0 Å². The van der Waals surface area contributed by atoms with Crippen molar-refractivity contribution in [3.05, 3.63) is 68.7 Å². The first-order valence-corrected chi connectivity index (χ1v) is 6.84. The summed E-state index contributed by atoms with van der Waals surface area (Å²) in [5, 5.41) is 24.6. The fraction of sp³-hybridized carbons (Fsp3) is 0.0667. The minimum atomic E-state index is -0.644. The van der Waals surface area contributed by atoms with Crippen molar-refractivity contribution < 1.29 is 14.8 Å².